The van der Waals surface area contributed by atoms with Gasteiger partial charge in [0, 0.05) is 11.9 Å². The van der Waals surface area contributed by atoms with Gasteiger partial charge in [-0.05, 0) is 54.3 Å². The molecule has 1 aromatic heterocycles. The zero-order chi connectivity index (χ0) is 18.1. The normalized spacial score (nSPS) is 15.5. The van der Waals surface area contributed by atoms with Crippen molar-refractivity contribution in [2.45, 2.75) is 18.8 Å². The van der Waals surface area contributed by atoms with Gasteiger partial charge in [-0.2, -0.15) is 5.10 Å². The van der Waals surface area contributed by atoms with Crippen molar-refractivity contribution in [1.29, 1.82) is 0 Å². The van der Waals surface area contributed by atoms with Gasteiger partial charge in [0.1, 0.15) is 5.69 Å². The molecule has 1 unspecified atom stereocenters. The van der Waals surface area contributed by atoms with Crippen LogP contribution in [0.5, 0.6) is 0 Å². The van der Waals surface area contributed by atoms with E-state index in [1.807, 2.05) is 42.5 Å². The Labute approximate surface area is 150 Å². The second kappa shape index (κ2) is 6.48. The average Bonchev–Trinajstić information content (AvgIpc) is 3.30. The third kappa shape index (κ3) is 2.97. The molecule has 1 aliphatic carbocycles. The van der Waals surface area contributed by atoms with Gasteiger partial charge in [0.2, 0.25) is 5.91 Å². The Morgan fingerprint density at radius 3 is 2.58 bits per heavy atom. The van der Waals surface area contributed by atoms with Crippen LogP contribution in [0.1, 0.15) is 34.0 Å². The van der Waals surface area contributed by atoms with E-state index in [4.69, 9.17) is 5.73 Å². The van der Waals surface area contributed by atoms with Gasteiger partial charge >= 0.3 is 0 Å². The van der Waals surface area contributed by atoms with Crippen molar-refractivity contribution < 1.29 is 9.59 Å². The van der Waals surface area contributed by atoms with Crippen LogP contribution in [-0.2, 0) is 11.2 Å². The number of hydrogen-bond acceptors (Lipinski definition) is 3. The number of aryl methyl sites for hydroxylation is 1. The van der Waals surface area contributed by atoms with E-state index in [9.17, 15) is 9.59 Å². The van der Waals surface area contributed by atoms with Gasteiger partial charge < -0.3 is 11.1 Å². The first-order chi connectivity index (χ1) is 12.6. The predicted molar refractivity (Wildman–Crippen MR) is 98.2 cm³/mol. The highest BCUT2D eigenvalue weighted by Crippen LogP contribution is 2.33. The summed E-state index contributed by atoms with van der Waals surface area (Å²) in [4.78, 5) is 23.8. The van der Waals surface area contributed by atoms with Crippen LogP contribution in [0.3, 0.4) is 0 Å². The predicted octanol–water partition coefficient (Wildman–Crippen LogP) is 2.64. The molecule has 2 amide bonds. The van der Waals surface area contributed by atoms with Gasteiger partial charge in [-0.3, -0.25) is 9.59 Å². The fraction of sp³-hybridized carbons (Fsp3) is 0.150. The maximum absolute atomic E-state index is 12.6. The molecule has 1 aliphatic rings. The SMILES string of the molecule is NC(=O)c1ccn(-c2ccc(NC(=O)C3CCc4ccccc43)cc2)n1. The van der Waals surface area contributed by atoms with Gasteiger partial charge in [0.15, 0.2) is 0 Å². The minimum atomic E-state index is -0.565. The maximum atomic E-state index is 12.6. The van der Waals surface area contributed by atoms with Gasteiger partial charge in [-0.25, -0.2) is 4.68 Å². The topological polar surface area (TPSA) is 90.0 Å². The number of primary amides is 1. The highest BCUT2D eigenvalue weighted by molar-refractivity contribution is 5.96. The van der Waals surface area contributed by atoms with Crippen LogP contribution in [0.4, 0.5) is 5.69 Å². The second-order valence-electron chi connectivity index (χ2n) is 6.34. The number of nitrogens with zero attached hydrogens (tertiary/aromatic N) is 2. The molecular weight excluding hydrogens is 328 g/mol. The molecule has 0 bridgehead atoms. The van der Waals surface area contributed by atoms with Gasteiger partial charge in [0.25, 0.3) is 5.91 Å². The molecule has 0 spiro atoms. The van der Waals surface area contributed by atoms with Crippen LogP contribution in [0.25, 0.3) is 5.69 Å². The standard InChI is InChI=1S/C20H18N4O2/c21-19(25)18-11-12-24(23-18)15-8-6-14(7-9-15)22-20(26)17-10-5-13-3-1-2-4-16(13)17/h1-4,6-9,11-12,17H,5,10H2,(H2,21,25)(H,22,26). The lowest BCUT2D eigenvalue weighted by Crippen LogP contribution is -2.19. The Bertz CT molecular complexity index is 975. The van der Waals surface area contributed by atoms with E-state index in [1.54, 1.807) is 16.9 Å². The summed E-state index contributed by atoms with van der Waals surface area (Å²) in [6.07, 6.45) is 3.45. The lowest BCUT2D eigenvalue weighted by molar-refractivity contribution is -0.117. The Hall–Kier alpha value is -3.41. The summed E-state index contributed by atoms with van der Waals surface area (Å²) >= 11 is 0. The molecule has 0 saturated heterocycles. The summed E-state index contributed by atoms with van der Waals surface area (Å²) < 4.78 is 1.57. The van der Waals surface area contributed by atoms with Gasteiger partial charge in [-0.1, -0.05) is 24.3 Å². The maximum Gasteiger partial charge on any atom is 0.269 e. The van der Waals surface area contributed by atoms with Crippen molar-refractivity contribution in [2.24, 2.45) is 5.73 Å². The van der Waals surface area contributed by atoms with E-state index in [1.165, 1.54) is 5.56 Å². The summed E-state index contributed by atoms with van der Waals surface area (Å²) in [6, 6.07) is 17.0. The average molecular weight is 346 g/mol. The van der Waals surface area contributed by atoms with E-state index in [0.29, 0.717) is 0 Å². The monoisotopic (exact) mass is 346 g/mol. The van der Waals surface area contributed by atoms with Crippen molar-refractivity contribution in [3.63, 3.8) is 0 Å². The number of nitrogens with one attached hydrogen (secondary N) is 1. The Balaban J connectivity index is 1.47. The van der Waals surface area contributed by atoms with E-state index >= 15 is 0 Å². The molecule has 6 nitrogen and oxygen atoms in total. The van der Waals surface area contributed by atoms with E-state index < -0.39 is 5.91 Å². The number of fused-ring (bicyclic) bond motifs is 1. The Kier molecular flexibility index (Phi) is 4.01. The van der Waals surface area contributed by atoms with E-state index in [0.717, 1.165) is 29.8 Å². The fourth-order valence-electron chi connectivity index (χ4n) is 3.36. The Morgan fingerprint density at radius 2 is 1.85 bits per heavy atom. The first kappa shape index (κ1) is 16.1. The lowest BCUT2D eigenvalue weighted by atomic mass is 10.0. The molecule has 0 aliphatic heterocycles. The van der Waals surface area contributed by atoms with Crippen molar-refractivity contribution in [3.05, 3.63) is 77.6 Å². The Morgan fingerprint density at radius 1 is 1.08 bits per heavy atom. The zero-order valence-electron chi connectivity index (χ0n) is 14.1. The van der Waals surface area contributed by atoms with Crippen molar-refractivity contribution in [2.75, 3.05) is 5.32 Å². The quantitative estimate of drug-likeness (QED) is 0.761. The number of hydrogen-bond donors (Lipinski definition) is 2. The van der Waals surface area contributed by atoms with Gasteiger partial charge in [-0.15, -0.1) is 0 Å². The first-order valence-electron chi connectivity index (χ1n) is 8.46. The summed E-state index contributed by atoms with van der Waals surface area (Å²) in [5.41, 5.74) is 9.31. The number of rotatable bonds is 4. The highest BCUT2D eigenvalue weighted by atomic mass is 16.2. The number of anilines is 1. The molecule has 6 heteroatoms. The van der Waals surface area contributed by atoms with Crippen LogP contribution < -0.4 is 11.1 Å². The van der Waals surface area contributed by atoms with Crippen molar-refractivity contribution in [3.8, 4) is 5.69 Å². The van der Waals surface area contributed by atoms with Crippen molar-refractivity contribution >= 4 is 17.5 Å². The second-order valence-corrected chi connectivity index (χ2v) is 6.34. The fourth-order valence-corrected chi connectivity index (χ4v) is 3.36. The first-order valence-corrected chi connectivity index (χ1v) is 8.46. The summed E-state index contributed by atoms with van der Waals surface area (Å²) in [6.45, 7) is 0. The van der Waals surface area contributed by atoms with Crippen LogP contribution in [0.2, 0.25) is 0 Å². The number of nitrogens with two attached hydrogens (primary N) is 1. The van der Waals surface area contributed by atoms with E-state index in [2.05, 4.69) is 16.5 Å². The molecular formula is C20H18N4O2. The molecule has 1 atom stereocenters. The number of benzene rings is 2. The zero-order valence-corrected chi connectivity index (χ0v) is 14.1. The smallest absolute Gasteiger partial charge is 0.269 e. The molecule has 130 valence electrons. The van der Waals surface area contributed by atoms with Crippen LogP contribution >= 0.6 is 0 Å². The van der Waals surface area contributed by atoms with Crippen LogP contribution in [0.15, 0.2) is 60.8 Å². The molecule has 2 aromatic carbocycles. The highest BCUT2D eigenvalue weighted by Gasteiger charge is 2.28. The molecule has 0 saturated carbocycles. The molecule has 0 radical (unpaired) electrons. The molecule has 26 heavy (non-hydrogen) atoms. The van der Waals surface area contributed by atoms with Crippen molar-refractivity contribution in [1.82, 2.24) is 9.78 Å². The third-order valence-corrected chi connectivity index (χ3v) is 4.69. The molecule has 3 aromatic rings. The van der Waals surface area contributed by atoms with E-state index in [-0.39, 0.29) is 17.5 Å². The summed E-state index contributed by atoms with van der Waals surface area (Å²) in [5.74, 6) is -0.655. The summed E-state index contributed by atoms with van der Waals surface area (Å²) in [7, 11) is 0. The van der Waals surface area contributed by atoms with Crippen LogP contribution in [-0.4, -0.2) is 21.6 Å². The van der Waals surface area contributed by atoms with Gasteiger partial charge in [0.05, 0.1) is 11.6 Å². The number of carbonyl (C=O) groups excluding carboxylic acids is 2. The summed E-state index contributed by atoms with van der Waals surface area (Å²) in [5, 5.41) is 7.10. The van der Waals surface area contributed by atoms with Crippen LogP contribution in [0, 0.1) is 0 Å². The molecule has 4 rings (SSSR count). The minimum absolute atomic E-state index is 0.0119. The number of carbonyl (C=O) groups is 2. The third-order valence-electron chi connectivity index (χ3n) is 4.69. The largest absolute Gasteiger partial charge is 0.364 e. The number of amides is 2. The number of aromatic nitrogens is 2. The molecule has 0 fully saturated rings. The molecule has 3 N–H and O–H groups in total. The minimum Gasteiger partial charge on any atom is -0.364 e. The lowest BCUT2D eigenvalue weighted by Gasteiger charge is -2.12. The molecule has 1 heterocycles.